The van der Waals surface area contributed by atoms with Gasteiger partial charge in [0.15, 0.2) is 17.3 Å². The predicted molar refractivity (Wildman–Crippen MR) is 150 cm³/mol. The van der Waals surface area contributed by atoms with Gasteiger partial charge < -0.3 is 25.6 Å². The number of anilines is 1. The number of benzene rings is 2. The number of allylic oxidation sites excluding steroid dienone is 4. The fraction of sp³-hybridized carbons (Fsp3) is 0.355. The summed E-state index contributed by atoms with van der Waals surface area (Å²) in [4.78, 5) is 51.3. The Bertz CT molecular complexity index is 1660. The Morgan fingerprint density at radius 2 is 1.70 bits per heavy atom. The van der Waals surface area contributed by atoms with Crippen molar-refractivity contribution in [2.75, 3.05) is 11.9 Å². The molecule has 1 aliphatic carbocycles. The highest BCUT2D eigenvalue weighted by Gasteiger charge is 2.56. The van der Waals surface area contributed by atoms with Crippen LogP contribution in [0.25, 0.3) is 0 Å². The van der Waals surface area contributed by atoms with E-state index >= 15 is 0 Å². The molecule has 234 valence electrons. The van der Waals surface area contributed by atoms with E-state index in [-0.39, 0.29) is 51.6 Å². The summed E-state index contributed by atoms with van der Waals surface area (Å²) in [6.07, 6.45) is -2.29. The third-order valence-electron chi connectivity index (χ3n) is 7.74. The fourth-order valence-corrected chi connectivity index (χ4v) is 5.36. The second-order valence-electron chi connectivity index (χ2n) is 10.9. The van der Waals surface area contributed by atoms with Crippen LogP contribution >= 0.6 is 0 Å². The van der Waals surface area contributed by atoms with Crippen LogP contribution in [0.1, 0.15) is 73.5 Å². The molecule has 9 nitrogen and oxygen atoms in total. The van der Waals surface area contributed by atoms with Gasteiger partial charge in [0.1, 0.15) is 39.8 Å². The van der Waals surface area contributed by atoms with Crippen LogP contribution in [-0.4, -0.2) is 40.0 Å². The standard InChI is InChI=1S/C31H30F4N2O7/c1-14-26(41)24(16(3)38)28-25(27(14)42)30(4)21(44-28)13-20(39)23(29(30)43)15(2)36-9-7-5-6-8-22(40)37-19-11-17(31(33,34)35)10-18(32)12-19/h10-13,36,41-42H,5-9H2,1-4H3,(H,37,40)/b23-15+. The van der Waals surface area contributed by atoms with Crippen molar-refractivity contribution in [3.63, 3.8) is 0 Å². The van der Waals surface area contributed by atoms with E-state index in [0.717, 1.165) is 12.1 Å². The molecule has 13 heteroatoms. The highest BCUT2D eigenvalue weighted by molar-refractivity contribution is 6.31. The maximum absolute atomic E-state index is 13.8. The molecule has 0 aromatic heterocycles. The number of hydrogen-bond donors (Lipinski definition) is 4. The fourth-order valence-electron chi connectivity index (χ4n) is 5.36. The van der Waals surface area contributed by atoms with Gasteiger partial charge in [-0.25, -0.2) is 4.39 Å². The highest BCUT2D eigenvalue weighted by atomic mass is 19.4. The summed E-state index contributed by atoms with van der Waals surface area (Å²) in [5, 5.41) is 26.6. The Morgan fingerprint density at radius 1 is 1.02 bits per heavy atom. The molecule has 0 fully saturated rings. The maximum Gasteiger partial charge on any atom is 0.416 e. The number of unbranched alkanes of at least 4 members (excludes halogenated alkanes) is 2. The van der Waals surface area contributed by atoms with Crippen molar-refractivity contribution in [1.82, 2.24) is 5.32 Å². The van der Waals surface area contributed by atoms with Crippen LogP contribution in [0.15, 0.2) is 41.3 Å². The van der Waals surface area contributed by atoms with Crippen LogP contribution in [0, 0.1) is 12.7 Å². The minimum Gasteiger partial charge on any atom is -0.507 e. The zero-order chi connectivity index (χ0) is 32.7. The highest BCUT2D eigenvalue weighted by Crippen LogP contribution is 2.57. The Morgan fingerprint density at radius 3 is 2.34 bits per heavy atom. The zero-order valence-electron chi connectivity index (χ0n) is 24.3. The summed E-state index contributed by atoms with van der Waals surface area (Å²) in [5.41, 5.74) is -3.29. The van der Waals surface area contributed by atoms with E-state index in [4.69, 9.17) is 4.74 Å². The van der Waals surface area contributed by atoms with Gasteiger partial charge in [-0.15, -0.1) is 0 Å². The molecule has 2 aliphatic rings. The van der Waals surface area contributed by atoms with Crippen LogP contribution < -0.4 is 15.4 Å². The van der Waals surface area contributed by atoms with Gasteiger partial charge in [0.25, 0.3) is 0 Å². The number of carbonyl (C=O) groups is 4. The van der Waals surface area contributed by atoms with Gasteiger partial charge in [0.2, 0.25) is 5.91 Å². The number of amides is 1. The Labute approximate surface area is 249 Å². The molecule has 0 spiro atoms. The van der Waals surface area contributed by atoms with Gasteiger partial charge in [-0.1, -0.05) is 6.42 Å². The molecular formula is C31H30F4N2O7. The molecule has 0 saturated carbocycles. The van der Waals surface area contributed by atoms with Crippen molar-refractivity contribution < 1.29 is 51.7 Å². The summed E-state index contributed by atoms with van der Waals surface area (Å²) in [6, 6.07) is 1.79. The number of hydrogen-bond acceptors (Lipinski definition) is 8. The van der Waals surface area contributed by atoms with Crippen molar-refractivity contribution in [1.29, 1.82) is 0 Å². The van der Waals surface area contributed by atoms with Crippen molar-refractivity contribution in [3.8, 4) is 17.2 Å². The number of carbonyl (C=O) groups excluding carboxylic acids is 4. The van der Waals surface area contributed by atoms with E-state index in [9.17, 15) is 47.0 Å². The lowest BCUT2D eigenvalue weighted by Crippen LogP contribution is -2.41. The number of phenols is 2. The lowest BCUT2D eigenvalue weighted by atomic mass is 9.70. The third-order valence-corrected chi connectivity index (χ3v) is 7.74. The molecule has 1 aliphatic heterocycles. The van der Waals surface area contributed by atoms with Crippen LogP contribution in [0.3, 0.4) is 0 Å². The number of halogens is 4. The van der Waals surface area contributed by atoms with E-state index in [1.54, 1.807) is 0 Å². The van der Waals surface area contributed by atoms with Gasteiger partial charge in [0.05, 0.1) is 16.7 Å². The second kappa shape index (κ2) is 11.8. The molecule has 0 saturated heterocycles. The molecule has 2 aromatic carbocycles. The first-order valence-corrected chi connectivity index (χ1v) is 13.7. The average Bonchev–Trinajstić information content (AvgIpc) is 3.21. The topological polar surface area (TPSA) is 142 Å². The average molecular weight is 619 g/mol. The first-order chi connectivity index (χ1) is 20.5. The van der Waals surface area contributed by atoms with E-state index < -0.39 is 57.7 Å². The van der Waals surface area contributed by atoms with Crippen molar-refractivity contribution in [2.45, 2.75) is 65.0 Å². The first kappa shape index (κ1) is 32.2. The lowest BCUT2D eigenvalue weighted by Gasteiger charge is -2.29. The van der Waals surface area contributed by atoms with E-state index in [0.29, 0.717) is 37.9 Å². The van der Waals surface area contributed by atoms with Crippen molar-refractivity contribution in [2.24, 2.45) is 0 Å². The monoisotopic (exact) mass is 618 g/mol. The first-order valence-electron chi connectivity index (χ1n) is 13.7. The third kappa shape index (κ3) is 5.78. The predicted octanol–water partition coefficient (Wildman–Crippen LogP) is 5.52. The number of rotatable bonds is 9. The Balaban J connectivity index is 1.39. The zero-order valence-corrected chi connectivity index (χ0v) is 24.3. The minimum absolute atomic E-state index is 0.0132. The summed E-state index contributed by atoms with van der Waals surface area (Å²) in [5.74, 6) is -4.74. The maximum atomic E-state index is 13.8. The molecule has 1 amide bonds. The van der Waals surface area contributed by atoms with Crippen LogP contribution in [0.5, 0.6) is 17.2 Å². The Kier molecular flexibility index (Phi) is 8.63. The normalized spacial score (nSPS) is 18.7. The van der Waals surface area contributed by atoms with Gasteiger partial charge in [-0.05, 0) is 58.7 Å². The number of Topliss-reactive ketones (excluding diaryl/α,β-unsaturated/α-hetero) is 2. The molecule has 1 unspecified atom stereocenters. The minimum atomic E-state index is -4.76. The van der Waals surface area contributed by atoms with E-state index in [1.807, 2.05) is 0 Å². The quantitative estimate of drug-likeness (QED) is 0.0947. The number of ether oxygens (including phenoxy) is 1. The van der Waals surface area contributed by atoms with E-state index in [2.05, 4.69) is 10.6 Å². The van der Waals surface area contributed by atoms with Gasteiger partial charge in [0, 0.05) is 36.0 Å². The lowest BCUT2D eigenvalue weighted by molar-refractivity contribution is -0.137. The molecule has 1 atom stereocenters. The van der Waals surface area contributed by atoms with Gasteiger partial charge in [-0.3, -0.25) is 19.2 Å². The smallest absolute Gasteiger partial charge is 0.416 e. The molecule has 0 radical (unpaired) electrons. The molecular weight excluding hydrogens is 588 g/mol. The number of alkyl halides is 3. The van der Waals surface area contributed by atoms with Crippen LogP contribution in [0.4, 0.5) is 23.2 Å². The molecule has 4 N–H and O–H groups in total. The molecule has 0 bridgehead atoms. The van der Waals surface area contributed by atoms with E-state index in [1.165, 1.54) is 27.7 Å². The largest absolute Gasteiger partial charge is 0.507 e. The molecule has 1 heterocycles. The van der Waals surface area contributed by atoms with Crippen molar-refractivity contribution in [3.05, 3.63) is 69.4 Å². The number of fused-ring (bicyclic) bond motifs is 3. The summed E-state index contributed by atoms with van der Waals surface area (Å²) in [6.45, 7) is 5.90. The molecule has 2 aromatic rings. The second-order valence-corrected chi connectivity index (χ2v) is 10.9. The summed E-state index contributed by atoms with van der Waals surface area (Å²) in [7, 11) is 0. The molecule has 44 heavy (non-hydrogen) atoms. The number of nitrogens with one attached hydrogen (secondary N) is 2. The van der Waals surface area contributed by atoms with Gasteiger partial charge in [-0.2, -0.15) is 13.2 Å². The number of ketones is 3. The number of phenolic OH excluding ortho intramolecular Hbond substituents is 2. The van der Waals surface area contributed by atoms with Crippen LogP contribution in [-0.2, 0) is 26.0 Å². The van der Waals surface area contributed by atoms with Crippen molar-refractivity contribution >= 4 is 28.9 Å². The molecule has 4 rings (SSSR count). The van der Waals surface area contributed by atoms with Crippen LogP contribution in [0.2, 0.25) is 0 Å². The summed E-state index contributed by atoms with van der Waals surface area (Å²) < 4.78 is 57.9. The number of aromatic hydroxyl groups is 2. The van der Waals surface area contributed by atoms with Gasteiger partial charge >= 0.3 is 6.18 Å². The summed E-state index contributed by atoms with van der Waals surface area (Å²) >= 11 is 0. The Hall–Kier alpha value is -4.68. The SMILES string of the molecule is CC(=O)c1c(O)c(C)c(O)c2c1OC1=CC(=O)/C(=C(/C)NCCCCCC(=O)Nc3cc(F)cc(C(F)(F)F)c3)C(=O)C12C.